The number of hydrogen-bond donors (Lipinski definition) is 1. The van der Waals surface area contributed by atoms with E-state index in [1.807, 2.05) is 23.9 Å². The first-order chi connectivity index (χ1) is 9.11. The molecule has 1 N–H and O–H groups in total. The van der Waals surface area contributed by atoms with Crippen molar-refractivity contribution in [1.82, 2.24) is 9.55 Å². The predicted molar refractivity (Wildman–Crippen MR) is 71.2 cm³/mol. The van der Waals surface area contributed by atoms with Crippen molar-refractivity contribution < 1.29 is 14.6 Å². The number of hydrogen-bond acceptors (Lipinski definition) is 4. The minimum atomic E-state index is -0.530. The van der Waals surface area contributed by atoms with E-state index in [1.54, 1.807) is 32.4 Å². The third-order valence-corrected chi connectivity index (χ3v) is 2.95. The van der Waals surface area contributed by atoms with Crippen molar-refractivity contribution >= 4 is 0 Å². The summed E-state index contributed by atoms with van der Waals surface area (Å²) in [4.78, 5) is 4.19. The van der Waals surface area contributed by atoms with E-state index in [0.29, 0.717) is 18.1 Å². The Bertz CT molecular complexity index is 549. The van der Waals surface area contributed by atoms with Gasteiger partial charge in [0.1, 0.15) is 12.4 Å². The van der Waals surface area contributed by atoms with Crippen LogP contribution in [0.5, 0.6) is 11.5 Å². The fraction of sp³-hybridized carbons (Fsp3) is 0.357. The summed E-state index contributed by atoms with van der Waals surface area (Å²) in [6.45, 7) is 2.08. The molecule has 1 heterocycles. The highest BCUT2D eigenvalue weighted by Crippen LogP contribution is 2.30. The number of ether oxygens (including phenoxy) is 2. The Morgan fingerprint density at radius 3 is 2.74 bits per heavy atom. The molecule has 0 spiro atoms. The molecule has 5 heteroatoms. The van der Waals surface area contributed by atoms with Crippen LogP contribution in [0.25, 0.3) is 0 Å². The minimum absolute atomic E-state index is 0.369. The molecule has 2 aromatic rings. The van der Waals surface area contributed by atoms with E-state index in [4.69, 9.17) is 9.47 Å². The van der Waals surface area contributed by atoms with Crippen LogP contribution in [0.1, 0.15) is 24.4 Å². The van der Waals surface area contributed by atoms with Crippen molar-refractivity contribution in [1.29, 1.82) is 0 Å². The Morgan fingerprint density at radius 2 is 2.16 bits per heavy atom. The van der Waals surface area contributed by atoms with E-state index < -0.39 is 6.10 Å². The van der Waals surface area contributed by atoms with Crippen molar-refractivity contribution in [3.8, 4) is 11.5 Å². The van der Waals surface area contributed by atoms with E-state index in [0.717, 1.165) is 11.4 Å². The van der Waals surface area contributed by atoms with Crippen LogP contribution < -0.4 is 9.47 Å². The first-order valence-electron chi connectivity index (χ1n) is 6.07. The van der Waals surface area contributed by atoms with Gasteiger partial charge in [0.2, 0.25) is 0 Å². The lowest BCUT2D eigenvalue weighted by Crippen LogP contribution is -2.04. The summed E-state index contributed by atoms with van der Waals surface area (Å²) < 4.78 is 12.9. The summed E-state index contributed by atoms with van der Waals surface area (Å²) in [6.07, 6.45) is 3.07. The van der Waals surface area contributed by atoms with Gasteiger partial charge in [-0.25, -0.2) is 4.98 Å². The number of aliphatic hydroxyl groups is 1. The molecule has 1 atom stereocenters. The van der Waals surface area contributed by atoms with E-state index in [1.165, 1.54) is 0 Å². The molecule has 0 bridgehead atoms. The van der Waals surface area contributed by atoms with Crippen molar-refractivity contribution in [2.45, 2.75) is 19.6 Å². The first-order valence-corrected chi connectivity index (χ1v) is 6.07. The average Bonchev–Trinajstić information content (AvgIpc) is 2.81. The summed E-state index contributed by atoms with van der Waals surface area (Å²) in [5.41, 5.74) is 0.793. The second kappa shape index (κ2) is 5.75. The molecule has 1 aromatic heterocycles. The molecule has 0 aliphatic heterocycles. The predicted octanol–water partition coefficient (Wildman–Crippen LogP) is 2.06. The maximum Gasteiger partial charge on any atom is 0.161 e. The molecule has 1 aromatic carbocycles. The highest BCUT2D eigenvalue weighted by Gasteiger charge is 2.09. The molecule has 1 unspecified atom stereocenters. The van der Waals surface area contributed by atoms with Crippen LogP contribution >= 0.6 is 0 Å². The molecule has 0 fully saturated rings. The van der Waals surface area contributed by atoms with Gasteiger partial charge in [0.05, 0.1) is 13.2 Å². The highest BCUT2D eigenvalue weighted by atomic mass is 16.5. The van der Waals surface area contributed by atoms with Crippen LogP contribution in [0.15, 0.2) is 30.6 Å². The second-order valence-corrected chi connectivity index (χ2v) is 4.33. The van der Waals surface area contributed by atoms with Gasteiger partial charge in [0.25, 0.3) is 0 Å². The van der Waals surface area contributed by atoms with Crippen molar-refractivity contribution in [3.63, 3.8) is 0 Å². The third kappa shape index (κ3) is 3.06. The van der Waals surface area contributed by atoms with Gasteiger partial charge < -0.3 is 19.1 Å². The molecule has 19 heavy (non-hydrogen) atoms. The zero-order chi connectivity index (χ0) is 13.8. The maximum atomic E-state index is 9.54. The van der Waals surface area contributed by atoms with Crippen LogP contribution in [-0.2, 0) is 13.7 Å². The van der Waals surface area contributed by atoms with Gasteiger partial charge in [0, 0.05) is 19.4 Å². The maximum absolute atomic E-state index is 9.54. The Hall–Kier alpha value is -2.01. The van der Waals surface area contributed by atoms with Crippen LogP contribution in [0.4, 0.5) is 0 Å². The van der Waals surface area contributed by atoms with Gasteiger partial charge in [0.15, 0.2) is 11.5 Å². The Balaban J connectivity index is 2.14. The number of aliphatic hydroxyl groups excluding tert-OH is 1. The lowest BCUT2D eigenvalue weighted by molar-refractivity contribution is 0.198. The normalized spacial score (nSPS) is 12.2. The quantitative estimate of drug-likeness (QED) is 0.896. The van der Waals surface area contributed by atoms with E-state index >= 15 is 0 Å². The van der Waals surface area contributed by atoms with Gasteiger partial charge in [-0.1, -0.05) is 6.07 Å². The van der Waals surface area contributed by atoms with Crippen molar-refractivity contribution in [3.05, 3.63) is 42.0 Å². The number of imidazole rings is 1. The van der Waals surface area contributed by atoms with Crippen molar-refractivity contribution in [2.24, 2.45) is 7.05 Å². The molecule has 0 amide bonds. The zero-order valence-electron chi connectivity index (χ0n) is 11.3. The minimum Gasteiger partial charge on any atom is -0.493 e. The summed E-state index contributed by atoms with van der Waals surface area (Å²) in [6, 6.07) is 5.39. The van der Waals surface area contributed by atoms with Gasteiger partial charge in [-0.3, -0.25) is 0 Å². The molecule has 2 rings (SSSR count). The monoisotopic (exact) mass is 262 g/mol. The molecule has 5 nitrogen and oxygen atoms in total. The molecule has 0 aliphatic rings. The van der Waals surface area contributed by atoms with Crippen LogP contribution in [0.3, 0.4) is 0 Å². The molecular weight excluding hydrogens is 244 g/mol. The van der Waals surface area contributed by atoms with Crippen LogP contribution in [-0.4, -0.2) is 21.8 Å². The molecule has 102 valence electrons. The molecule has 0 radical (unpaired) electrons. The largest absolute Gasteiger partial charge is 0.493 e. The number of methoxy groups -OCH3 is 1. The topological polar surface area (TPSA) is 56.5 Å². The number of aryl methyl sites for hydroxylation is 1. The lowest BCUT2D eigenvalue weighted by atomic mass is 10.1. The lowest BCUT2D eigenvalue weighted by Gasteiger charge is -2.13. The molecule has 0 saturated carbocycles. The zero-order valence-corrected chi connectivity index (χ0v) is 11.3. The SMILES string of the molecule is COc1cc(C(C)O)ccc1OCc1nccn1C. The number of nitrogens with zero attached hydrogens (tertiary/aromatic N) is 2. The second-order valence-electron chi connectivity index (χ2n) is 4.33. The van der Waals surface area contributed by atoms with Gasteiger partial charge in [-0.2, -0.15) is 0 Å². The smallest absolute Gasteiger partial charge is 0.161 e. The van der Waals surface area contributed by atoms with Crippen LogP contribution in [0, 0.1) is 0 Å². The number of rotatable bonds is 5. The highest BCUT2D eigenvalue weighted by molar-refractivity contribution is 5.43. The van der Waals surface area contributed by atoms with Gasteiger partial charge in [-0.05, 0) is 24.6 Å². The Kier molecular flexibility index (Phi) is 4.06. The number of benzene rings is 1. The van der Waals surface area contributed by atoms with E-state index in [2.05, 4.69) is 4.98 Å². The Morgan fingerprint density at radius 1 is 1.37 bits per heavy atom. The molecular formula is C14H18N2O3. The van der Waals surface area contributed by atoms with Crippen LogP contribution in [0.2, 0.25) is 0 Å². The molecule has 0 saturated heterocycles. The summed E-state index contributed by atoms with van der Waals surface area (Å²) >= 11 is 0. The fourth-order valence-corrected chi connectivity index (χ4v) is 1.74. The first kappa shape index (κ1) is 13.4. The van der Waals surface area contributed by atoms with Gasteiger partial charge >= 0.3 is 0 Å². The van der Waals surface area contributed by atoms with E-state index in [9.17, 15) is 5.11 Å². The standard InChI is InChI=1S/C14H18N2O3/c1-10(17)11-4-5-12(13(8-11)18-3)19-9-14-15-6-7-16(14)2/h4-8,10,17H,9H2,1-3H3. The fourth-order valence-electron chi connectivity index (χ4n) is 1.74. The van der Waals surface area contributed by atoms with Crippen molar-refractivity contribution in [2.75, 3.05) is 7.11 Å². The summed E-state index contributed by atoms with van der Waals surface area (Å²) in [7, 11) is 3.49. The summed E-state index contributed by atoms with van der Waals surface area (Å²) in [5, 5.41) is 9.54. The third-order valence-electron chi connectivity index (χ3n) is 2.95. The summed E-state index contributed by atoms with van der Waals surface area (Å²) in [5.74, 6) is 2.07. The van der Waals surface area contributed by atoms with E-state index in [-0.39, 0.29) is 0 Å². The van der Waals surface area contributed by atoms with Gasteiger partial charge in [-0.15, -0.1) is 0 Å². The Labute approximate surface area is 112 Å². The number of aromatic nitrogens is 2. The average molecular weight is 262 g/mol. The molecule has 0 aliphatic carbocycles.